The zero-order chi connectivity index (χ0) is 11.6. The van der Waals surface area contributed by atoms with Crippen LogP contribution in [0.1, 0.15) is 12.6 Å². The quantitative estimate of drug-likeness (QED) is 0.757. The van der Waals surface area contributed by atoms with Crippen molar-refractivity contribution in [1.82, 2.24) is 9.78 Å². The van der Waals surface area contributed by atoms with Crippen molar-refractivity contribution >= 4 is 15.7 Å². The average molecular weight is 233 g/mol. The molecule has 0 amide bonds. The number of aromatic nitrogens is 2. The minimum absolute atomic E-state index is 0.408. The van der Waals surface area contributed by atoms with Crippen LogP contribution in [0, 0.1) is 6.92 Å². The summed E-state index contributed by atoms with van der Waals surface area (Å²) >= 11 is 0. The summed E-state index contributed by atoms with van der Waals surface area (Å²) in [6.07, 6.45) is 1.58. The Labute approximate surface area is 89.0 Å². The highest BCUT2D eigenvalue weighted by Crippen LogP contribution is 2.15. The monoisotopic (exact) mass is 233 g/mol. The zero-order valence-corrected chi connectivity index (χ0v) is 9.74. The van der Waals surface area contributed by atoms with Gasteiger partial charge in [0, 0.05) is 13.2 Å². The maximum absolute atomic E-state index is 11.6. The van der Waals surface area contributed by atoms with E-state index in [4.69, 9.17) is 5.11 Å². The first kappa shape index (κ1) is 12.0. The second kappa shape index (κ2) is 4.19. The van der Waals surface area contributed by atoms with Crippen LogP contribution in [-0.2, 0) is 17.1 Å². The molecule has 0 saturated heterocycles. The molecule has 15 heavy (non-hydrogen) atoms. The van der Waals surface area contributed by atoms with Crippen molar-refractivity contribution in [1.29, 1.82) is 0 Å². The van der Waals surface area contributed by atoms with Crippen LogP contribution < -0.4 is 4.72 Å². The second-order valence-corrected chi connectivity index (χ2v) is 5.54. The highest BCUT2D eigenvalue weighted by molar-refractivity contribution is 7.93. The Morgan fingerprint density at radius 2 is 2.27 bits per heavy atom. The molecule has 0 aliphatic rings. The van der Waals surface area contributed by atoms with Gasteiger partial charge in [-0.3, -0.25) is 9.40 Å². The lowest BCUT2D eigenvalue weighted by Crippen LogP contribution is -2.28. The van der Waals surface area contributed by atoms with Gasteiger partial charge in [-0.2, -0.15) is 5.10 Å². The third-order valence-electron chi connectivity index (χ3n) is 2.05. The highest BCUT2D eigenvalue weighted by Gasteiger charge is 2.21. The molecule has 1 atom stereocenters. The van der Waals surface area contributed by atoms with Crippen LogP contribution in [0.2, 0.25) is 0 Å². The smallest absolute Gasteiger partial charge is 0.237 e. The molecule has 0 fully saturated rings. The number of aliphatic hydroxyl groups is 1. The Morgan fingerprint density at radius 1 is 1.67 bits per heavy atom. The van der Waals surface area contributed by atoms with Gasteiger partial charge in [-0.1, -0.05) is 0 Å². The topological polar surface area (TPSA) is 84.2 Å². The number of anilines is 1. The lowest BCUT2D eigenvalue weighted by molar-refractivity contribution is 0.296. The van der Waals surface area contributed by atoms with E-state index in [1.807, 2.05) is 0 Å². The summed E-state index contributed by atoms with van der Waals surface area (Å²) in [7, 11) is -1.82. The van der Waals surface area contributed by atoms with E-state index in [2.05, 4.69) is 9.82 Å². The Balaban J connectivity index is 2.91. The molecule has 0 aromatic carbocycles. The van der Waals surface area contributed by atoms with Crippen LogP contribution in [-0.4, -0.2) is 35.2 Å². The predicted octanol–water partition coefficient (Wildman–Crippen LogP) is -0.149. The summed E-state index contributed by atoms with van der Waals surface area (Å²) in [5.41, 5.74) is 1.05. The van der Waals surface area contributed by atoms with Gasteiger partial charge in [0.25, 0.3) is 0 Å². The summed E-state index contributed by atoms with van der Waals surface area (Å²) < 4.78 is 27.1. The molecule has 1 heterocycles. The van der Waals surface area contributed by atoms with Gasteiger partial charge in [-0.05, 0) is 13.8 Å². The number of nitrogens with one attached hydrogen (secondary N) is 1. The lowest BCUT2D eigenvalue weighted by atomic mass is 10.4. The van der Waals surface area contributed by atoms with Crippen molar-refractivity contribution in [3.8, 4) is 0 Å². The van der Waals surface area contributed by atoms with E-state index in [9.17, 15) is 8.42 Å². The summed E-state index contributed by atoms with van der Waals surface area (Å²) in [6, 6.07) is 0. The highest BCUT2D eigenvalue weighted by atomic mass is 32.2. The number of nitrogens with zero attached hydrogens (tertiary/aromatic N) is 2. The van der Waals surface area contributed by atoms with Gasteiger partial charge in [0.2, 0.25) is 10.0 Å². The van der Waals surface area contributed by atoms with Crippen LogP contribution in [0.4, 0.5) is 5.69 Å². The number of sulfonamides is 1. The normalized spacial score (nSPS) is 13.9. The molecule has 1 aromatic heterocycles. The van der Waals surface area contributed by atoms with E-state index in [0.29, 0.717) is 11.4 Å². The Kier molecular flexibility index (Phi) is 3.35. The van der Waals surface area contributed by atoms with Crippen LogP contribution in [0.15, 0.2) is 6.20 Å². The van der Waals surface area contributed by atoms with Crippen LogP contribution >= 0.6 is 0 Å². The van der Waals surface area contributed by atoms with E-state index in [-0.39, 0.29) is 0 Å². The number of hydrogen-bond donors (Lipinski definition) is 2. The first-order valence-electron chi connectivity index (χ1n) is 4.49. The van der Waals surface area contributed by atoms with E-state index in [1.165, 1.54) is 11.6 Å². The van der Waals surface area contributed by atoms with E-state index in [1.54, 1.807) is 20.2 Å². The first-order valence-corrected chi connectivity index (χ1v) is 6.04. The van der Waals surface area contributed by atoms with Crippen molar-refractivity contribution in [2.24, 2.45) is 7.05 Å². The second-order valence-electron chi connectivity index (χ2n) is 3.44. The van der Waals surface area contributed by atoms with E-state index < -0.39 is 21.9 Å². The van der Waals surface area contributed by atoms with Crippen molar-refractivity contribution in [2.45, 2.75) is 19.1 Å². The van der Waals surface area contributed by atoms with Gasteiger partial charge in [0.15, 0.2) is 0 Å². The minimum atomic E-state index is -3.53. The minimum Gasteiger partial charge on any atom is -0.395 e. The fourth-order valence-corrected chi connectivity index (χ4v) is 1.96. The van der Waals surface area contributed by atoms with Crippen molar-refractivity contribution in [3.05, 3.63) is 11.9 Å². The van der Waals surface area contributed by atoms with Crippen LogP contribution in [0.25, 0.3) is 0 Å². The third kappa shape index (κ3) is 2.69. The van der Waals surface area contributed by atoms with Crippen LogP contribution in [0.5, 0.6) is 0 Å². The van der Waals surface area contributed by atoms with Gasteiger partial charge < -0.3 is 5.11 Å². The van der Waals surface area contributed by atoms with Crippen molar-refractivity contribution in [2.75, 3.05) is 11.3 Å². The number of aliphatic hydroxyl groups excluding tert-OH is 1. The number of aryl methyl sites for hydroxylation is 2. The standard InChI is InChI=1S/C8H15N3O3S/c1-6(5-12)15(13,14)10-8-4-11(3)9-7(8)2/h4,6,10,12H,5H2,1-3H3. The zero-order valence-electron chi connectivity index (χ0n) is 8.93. The van der Waals surface area contributed by atoms with E-state index in [0.717, 1.165) is 0 Å². The fraction of sp³-hybridized carbons (Fsp3) is 0.625. The number of hydrogen-bond acceptors (Lipinski definition) is 4. The molecule has 0 saturated carbocycles. The molecule has 2 N–H and O–H groups in total. The van der Waals surface area contributed by atoms with Gasteiger partial charge in [0.1, 0.15) is 5.25 Å². The molecular weight excluding hydrogens is 218 g/mol. The summed E-state index contributed by atoms with van der Waals surface area (Å²) in [5.74, 6) is 0. The van der Waals surface area contributed by atoms with Gasteiger partial charge in [-0.25, -0.2) is 8.42 Å². The average Bonchev–Trinajstić information content (AvgIpc) is 2.43. The molecule has 0 radical (unpaired) electrons. The molecule has 1 aromatic rings. The number of rotatable bonds is 4. The molecule has 7 heteroatoms. The molecule has 0 aliphatic heterocycles. The molecular formula is C8H15N3O3S. The van der Waals surface area contributed by atoms with E-state index >= 15 is 0 Å². The SMILES string of the molecule is Cc1nn(C)cc1NS(=O)(=O)C(C)CO. The Morgan fingerprint density at radius 3 is 2.67 bits per heavy atom. The molecule has 1 rings (SSSR count). The van der Waals surface area contributed by atoms with Crippen LogP contribution in [0.3, 0.4) is 0 Å². The molecule has 6 nitrogen and oxygen atoms in total. The first-order chi connectivity index (χ1) is 6.86. The maximum atomic E-state index is 11.6. The van der Waals surface area contributed by atoms with Gasteiger partial charge in [-0.15, -0.1) is 0 Å². The van der Waals surface area contributed by atoms with Gasteiger partial charge >= 0.3 is 0 Å². The maximum Gasteiger partial charge on any atom is 0.237 e. The largest absolute Gasteiger partial charge is 0.395 e. The third-order valence-corrected chi connectivity index (χ3v) is 3.77. The molecule has 0 spiro atoms. The molecule has 86 valence electrons. The van der Waals surface area contributed by atoms with Crippen molar-refractivity contribution in [3.63, 3.8) is 0 Å². The lowest BCUT2D eigenvalue weighted by Gasteiger charge is -2.11. The Hall–Kier alpha value is -1.08. The summed E-state index contributed by atoms with van der Waals surface area (Å²) in [5, 5.41) is 12.0. The summed E-state index contributed by atoms with van der Waals surface area (Å²) in [6.45, 7) is 2.74. The Bertz CT molecular complexity index is 438. The summed E-state index contributed by atoms with van der Waals surface area (Å²) in [4.78, 5) is 0. The molecule has 0 aliphatic carbocycles. The predicted molar refractivity (Wildman–Crippen MR) is 57.0 cm³/mol. The van der Waals surface area contributed by atoms with Crippen molar-refractivity contribution < 1.29 is 13.5 Å². The molecule has 1 unspecified atom stereocenters. The molecule has 0 bridgehead atoms. The fourth-order valence-electron chi connectivity index (χ4n) is 1.05. The van der Waals surface area contributed by atoms with Gasteiger partial charge in [0.05, 0.1) is 18.0 Å².